The number of nitrogens with zero attached hydrogens (tertiary/aromatic N) is 1. The highest BCUT2D eigenvalue weighted by Crippen LogP contribution is 2.28. The summed E-state index contributed by atoms with van der Waals surface area (Å²) in [6.07, 6.45) is 2.31. The molecule has 5 heteroatoms. The summed E-state index contributed by atoms with van der Waals surface area (Å²) in [4.78, 5) is 11.3. The van der Waals surface area contributed by atoms with Crippen LogP contribution < -0.4 is 0 Å². The third-order valence-corrected chi connectivity index (χ3v) is 5.58. The summed E-state index contributed by atoms with van der Waals surface area (Å²) in [6, 6.07) is 12.6. The van der Waals surface area contributed by atoms with E-state index < -0.39 is 10.0 Å². The summed E-state index contributed by atoms with van der Waals surface area (Å²) in [6.45, 7) is 3.71. The monoisotopic (exact) mass is 327 g/mol. The van der Waals surface area contributed by atoms with E-state index in [1.807, 2.05) is 38.1 Å². The second-order valence-corrected chi connectivity index (χ2v) is 7.50. The summed E-state index contributed by atoms with van der Waals surface area (Å²) in [5.74, 6) is -0.0820. The molecule has 3 rings (SSSR count). The van der Waals surface area contributed by atoms with Gasteiger partial charge in [0.25, 0.3) is 0 Å². The first kappa shape index (κ1) is 15.5. The number of aryl methyl sites for hydroxylation is 2. The first-order chi connectivity index (χ1) is 10.9. The summed E-state index contributed by atoms with van der Waals surface area (Å²) >= 11 is 0. The van der Waals surface area contributed by atoms with Crippen LogP contribution >= 0.6 is 0 Å². The zero-order valence-corrected chi connectivity index (χ0v) is 13.8. The molecule has 0 saturated carbocycles. The van der Waals surface area contributed by atoms with Gasteiger partial charge in [-0.3, -0.25) is 4.79 Å². The van der Waals surface area contributed by atoms with E-state index >= 15 is 0 Å². The minimum Gasteiger partial charge on any atom is -0.298 e. The topological polar surface area (TPSA) is 56.1 Å². The van der Waals surface area contributed by atoms with Gasteiger partial charge in [-0.2, -0.15) is 0 Å². The maximum absolute atomic E-state index is 12.8. The van der Waals surface area contributed by atoms with Crippen LogP contribution in [0.25, 0.3) is 10.9 Å². The third kappa shape index (κ3) is 2.68. The number of rotatable bonds is 4. The lowest BCUT2D eigenvalue weighted by atomic mass is 10.0. The molecule has 0 amide bonds. The molecule has 0 spiro atoms. The largest absolute Gasteiger partial charge is 0.298 e. The Kier molecular flexibility index (Phi) is 3.82. The van der Waals surface area contributed by atoms with Crippen LogP contribution in [0.2, 0.25) is 0 Å². The molecule has 2 aromatic carbocycles. The molecule has 0 unspecified atom stereocenters. The molecule has 118 valence electrons. The molecule has 0 atom stereocenters. The Bertz CT molecular complexity index is 986. The lowest BCUT2D eigenvalue weighted by Gasteiger charge is -2.11. The second kappa shape index (κ2) is 5.66. The summed E-state index contributed by atoms with van der Waals surface area (Å²) in [5.41, 5.74) is 3.54. The van der Waals surface area contributed by atoms with Crippen LogP contribution in [0.3, 0.4) is 0 Å². The van der Waals surface area contributed by atoms with Crippen LogP contribution in [-0.4, -0.2) is 18.7 Å². The molecule has 0 saturated heterocycles. The van der Waals surface area contributed by atoms with Crippen molar-refractivity contribution in [3.05, 3.63) is 70.9 Å². The number of benzene rings is 2. The molecule has 0 aliphatic heterocycles. The van der Waals surface area contributed by atoms with Crippen LogP contribution in [0.4, 0.5) is 0 Å². The number of aromatic nitrogens is 1. The quantitative estimate of drug-likeness (QED) is 0.690. The van der Waals surface area contributed by atoms with Crippen molar-refractivity contribution in [2.75, 3.05) is 0 Å². The van der Waals surface area contributed by atoms with Crippen molar-refractivity contribution >= 4 is 27.2 Å². The zero-order valence-electron chi connectivity index (χ0n) is 13.0. The van der Waals surface area contributed by atoms with Crippen molar-refractivity contribution in [1.82, 2.24) is 3.97 Å². The molecular formula is C18H17NO3S. The smallest absolute Gasteiger partial charge is 0.243 e. The Hall–Kier alpha value is -2.40. The fourth-order valence-electron chi connectivity index (χ4n) is 2.94. The van der Waals surface area contributed by atoms with Crippen LogP contribution in [0.1, 0.15) is 27.0 Å². The Labute approximate surface area is 135 Å². The van der Waals surface area contributed by atoms with E-state index in [2.05, 4.69) is 0 Å². The van der Waals surface area contributed by atoms with Gasteiger partial charge < -0.3 is 0 Å². The number of carbonyl (C=O) groups is 1. The van der Waals surface area contributed by atoms with E-state index in [1.54, 1.807) is 18.2 Å². The maximum atomic E-state index is 12.8. The molecule has 0 aliphatic rings. The van der Waals surface area contributed by atoms with Gasteiger partial charge in [-0.1, -0.05) is 36.4 Å². The Morgan fingerprint density at radius 1 is 1.04 bits per heavy atom. The Morgan fingerprint density at radius 3 is 2.39 bits per heavy atom. The highest BCUT2D eigenvalue weighted by molar-refractivity contribution is 7.89. The van der Waals surface area contributed by atoms with Crippen molar-refractivity contribution in [2.45, 2.75) is 19.6 Å². The van der Waals surface area contributed by atoms with Gasteiger partial charge in [-0.05, 0) is 36.6 Å². The fraction of sp³-hybridized carbons (Fsp3) is 0.167. The molecule has 0 aliphatic carbocycles. The standard InChI is InChI=1S/C18H17NO3S/c1-13-10-14(2)18-16(17(13)11-20)8-9-19(18)23(21,22)12-15-6-4-3-5-7-15/h3-11H,12H2,1-2H3. The SMILES string of the molecule is Cc1cc(C)c2c(ccn2S(=O)(=O)Cc2ccccc2)c1C=O. The van der Waals surface area contributed by atoms with E-state index in [0.29, 0.717) is 16.5 Å². The molecule has 0 bridgehead atoms. The van der Waals surface area contributed by atoms with Gasteiger partial charge in [0.05, 0.1) is 11.3 Å². The number of aldehydes is 1. The molecule has 0 radical (unpaired) electrons. The normalized spacial score (nSPS) is 11.7. The van der Waals surface area contributed by atoms with Crippen molar-refractivity contribution in [3.8, 4) is 0 Å². The second-order valence-electron chi connectivity index (χ2n) is 5.66. The van der Waals surface area contributed by atoms with Gasteiger partial charge in [-0.25, -0.2) is 12.4 Å². The van der Waals surface area contributed by atoms with Crippen LogP contribution in [0.15, 0.2) is 48.7 Å². The van der Waals surface area contributed by atoms with E-state index in [-0.39, 0.29) is 5.75 Å². The van der Waals surface area contributed by atoms with Crippen molar-refractivity contribution < 1.29 is 13.2 Å². The predicted molar refractivity (Wildman–Crippen MR) is 91.3 cm³/mol. The van der Waals surface area contributed by atoms with Gasteiger partial charge in [0.2, 0.25) is 10.0 Å². The van der Waals surface area contributed by atoms with Gasteiger partial charge in [0.15, 0.2) is 6.29 Å². The van der Waals surface area contributed by atoms with Gasteiger partial charge >= 0.3 is 0 Å². The number of hydrogen-bond acceptors (Lipinski definition) is 3. The zero-order chi connectivity index (χ0) is 16.6. The molecule has 0 N–H and O–H groups in total. The molecule has 0 fully saturated rings. The van der Waals surface area contributed by atoms with Crippen molar-refractivity contribution in [2.24, 2.45) is 0 Å². The third-order valence-electron chi connectivity index (χ3n) is 3.98. The van der Waals surface area contributed by atoms with Crippen molar-refractivity contribution in [3.63, 3.8) is 0 Å². The highest BCUT2D eigenvalue weighted by atomic mass is 32.2. The average Bonchev–Trinajstić information content (AvgIpc) is 2.94. The summed E-state index contributed by atoms with van der Waals surface area (Å²) < 4.78 is 26.9. The van der Waals surface area contributed by atoms with Crippen LogP contribution in [-0.2, 0) is 15.8 Å². The lowest BCUT2D eigenvalue weighted by Crippen LogP contribution is -2.14. The highest BCUT2D eigenvalue weighted by Gasteiger charge is 2.20. The molecule has 4 nitrogen and oxygen atoms in total. The number of hydrogen-bond donors (Lipinski definition) is 0. The minimum absolute atomic E-state index is 0.0820. The first-order valence-electron chi connectivity index (χ1n) is 7.27. The van der Waals surface area contributed by atoms with E-state index in [1.165, 1.54) is 10.2 Å². The molecule has 1 aromatic heterocycles. The van der Waals surface area contributed by atoms with Gasteiger partial charge in [0, 0.05) is 17.1 Å². The lowest BCUT2D eigenvalue weighted by molar-refractivity contribution is 0.112. The first-order valence-corrected chi connectivity index (χ1v) is 8.88. The van der Waals surface area contributed by atoms with Gasteiger partial charge in [-0.15, -0.1) is 0 Å². The van der Waals surface area contributed by atoms with E-state index in [4.69, 9.17) is 0 Å². The van der Waals surface area contributed by atoms with Crippen LogP contribution in [0, 0.1) is 13.8 Å². The predicted octanol–water partition coefficient (Wildman–Crippen LogP) is 3.45. The number of fused-ring (bicyclic) bond motifs is 1. The average molecular weight is 327 g/mol. The molecule has 23 heavy (non-hydrogen) atoms. The van der Waals surface area contributed by atoms with E-state index in [0.717, 1.165) is 23.0 Å². The molecule has 3 aromatic rings. The fourth-order valence-corrected chi connectivity index (χ4v) is 4.46. The minimum atomic E-state index is -3.56. The summed E-state index contributed by atoms with van der Waals surface area (Å²) in [5, 5.41) is 0.675. The van der Waals surface area contributed by atoms with Gasteiger partial charge in [0.1, 0.15) is 0 Å². The molecule has 1 heterocycles. The Morgan fingerprint density at radius 2 is 1.74 bits per heavy atom. The Balaban J connectivity index is 2.19. The van der Waals surface area contributed by atoms with E-state index in [9.17, 15) is 13.2 Å². The maximum Gasteiger partial charge on any atom is 0.243 e. The van der Waals surface area contributed by atoms with Crippen LogP contribution in [0.5, 0.6) is 0 Å². The summed E-state index contributed by atoms with van der Waals surface area (Å²) in [7, 11) is -3.56. The molecular weight excluding hydrogens is 310 g/mol. The van der Waals surface area contributed by atoms with Crippen molar-refractivity contribution in [1.29, 1.82) is 0 Å². The number of carbonyl (C=O) groups excluding carboxylic acids is 1.